The number of amides is 2. The van der Waals surface area contributed by atoms with Crippen LogP contribution in [0.15, 0.2) is 40.9 Å². The van der Waals surface area contributed by atoms with Crippen molar-refractivity contribution in [2.45, 2.75) is 26.2 Å². The first-order valence-corrected chi connectivity index (χ1v) is 6.93. The molecule has 108 valence electrons. The molecule has 2 aromatic rings. The van der Waals surface area contributed by atoms with Gasteiger partial charge in [-0.1, -0.05) is 42.4 Å². The quantitative estimate of drug-likeness (QED) is 0.813. The summed E-state index contributed by atoms with van der Waals surface area (Å²) >= 11 is 0. The van der Waals surface area contributed by atoms with Gasteiger partial charge in [0, 0.05) is 12.5 Å². The summed E-state index contributed by atoms with van der Waals surface area (Å²) in [5.74, 6) is 0.0682. The van der Waals surface area contributed by atoms with Crippen LogP contribution < -0.4 is 4.90 Å². The molecule has 1 aliphatic heterocycles. The SMILES string of the molecule is Cc1cc(N2C(=O)C[C@H]([C@@H](C)c3ccccc3)C2=O)no1. The Morgan fingerprint density at radius 1 is 1.29 bits per heavy atom. The van der Waals surface area contributed by atoms with Crippen LogP contribution in [-0.4, -0.2) is 17.0 Å². The van der Waals surface area contributed by atoms with Crippen molar-refractivity contribution in [3.05, 3.63) is 47.7 Å². The van der Waals surface area contributed by atoms with Gasteiger partial charge in [-0.15, -0.1) is 0 Å². The first-order chi connectivity index (χ1) is 10.1. The number of imide groups is 1. The fourth-order valence-electron chi connectivity index (χ4n) is 2.73. The summed E-state index contributed by atoms with van der Waals surface area (Å²) < 4.78 is 4.96. The Kier molecular flexibility index (Phi) is 3.33. The third kappa shape index (κ3) is 2.35. The first-order valence-electron chi connectivity index (χ1n) is 6.93. The molecular weight excluding hydrogens is 268 g/mol. The highest BCUT2D eigenvalue weighted by molar-refractivity contribution is 6.20. The highest BCUT2D eigenvalue weighted by Crippen LogP contribution is 2.35. The van der Waals surface area contributed by atoms with Gasteiger partial charge in [-0.05, 0) is 18.4 Å². The predicted octanol–water partition coefficient (Wildman–Crippen LogP) is 2.67. The number of carbonyl (C=O) groups is 2. The molecule has 0 radical (unpaired) electrons. The molecule has 1 aromatic heterocycles. The zero-order valence-electron chi connectivity index (χ0n) is 11.9. The molecule has 1 saturated heterocycles. The lowest BCUT2D eigenvalue weighted by molar-refractivity contribution is -0.122. The standard InChI is InChI=1S/C16H16N2O3/c1-10-8-14(17-21-10)18-15(19)9-13(16(18)20)11(2)12-6-4-3-5-7-12/h3-8,11,13H,9H2,1-2H3/t11-,13+/m0/s1. The van der Waals surface area contributed by atoms with Crippen LogP contribution >= 0.6 is 0 Å². The van der Waals surface area contributed by atoms with Crippen LogP contribution in [0.3, 0.4) is 0 Å². The molecular formula is C16H16N2O3. The largest absolute Gasteiger partial charge is 0.360 e. The molecule has 0 aliphatic carbocycles. The zero-order valence-corrected chi connectivity index (χ0v) is 11.9. The summed E-state index contributed by atoms with van der Waals surface area (Å²) in [5.41, 5.74) is 1.06. The van der Waals surface area contributed by atoms with E-state index in [1.165, 1.54) is 0 Å². The summed E-state index contributed by atoms with van der Waals surface area (Å²) in [6.07, 6.45) is 0.209. The molecule has 2 atom stereocenters. The second-order valence-electron chi connectivity index (χ2n) is 5.37. The van der Waals surface area contributed by atoms with Gasteiger partial charge in [0.1, 0.15) is 5.76 Å². The van der Waals surface area contributed by atoms with E-state index in [4.69, 9.17) is 4.52 Å². The van der Waals surface area contributed by atoms with Crippen molar-refractivity contribution in [1.82, 2.24) is 5.16 Å². The van der Waals surface area contributed by atoms with Crippen molar-refractivity contribution >= 4 is 17.6 Å². The third-order valence-electron chi connectivity index (χ3n) is 3.96. The predicted molar refractivity (Wildman–Crippen MR) is 76.7 cm³/mol. The van der Waals surface area contributed by atoms with Crippen LogP contribution in [0.1, 0.15) is 30.6 Å². The number of anilines is 1. The number of aromatic nitrogens is 1. The van der Waals surface area contributed by atoms with Crippen molar-refractivity contribution in [1.29, 1.82) is 0 Å². The fourth-order valence-corrected chi connectivity index (χ4v) is 2.73. The van der Waals surface area contributed by atoms with Gasteiger partial charge >= 0.3 is 0 Å². The van der Waals surface area contributed by atoms with Crippen molar-refractivity contribution < 1.29 is 14.1 Å². The van der Waals surface area contributed by atoms with Crippen LogP contribution in [0, 0.1) is 12.8 Å². The highest BCUT2D eigenvalue weighted by atomic mass is 16.5. The number of carbonyl (C=O) groups excluding carboxylic acids is 2. The van der Waals surface area contributed by atoms with E-state index in [2.05, 4.69) is 5.16 Å². The van der Waals surface area contributed by atoms with Crippen LogP contribution in [-0.2, 0) is 9.59 Å². The highest BCUT2D eigenvalue weighted by Gasteiger charge is 2.43. The summed E-state index contributed by atoms with van der Waals surface area (Å²) in [5, 5.41) is 3.77. The topological polar surface area (TPSA) is 63.4 Å². The Morgan fingerprint density at radius 2 is 2.00 bits per heavy atom. The van der Waals surface area contributed by atoms with E-state index >= 15 is 0 Å². The maximum atomic E-state index is 12.6. The van der Waals surface area contributed by atoms with Gasteiger partial charge in [-0.25, -0.2) is 4.90 Å². The molecule has 0 N–H and O–H groups in total. The Morgan fingerprint density at radius 3 is 2.62 bits per heavy atom. The molecule has 3 rings (SSSR count). The molecule has 1 aliphatic rings. The molecule has 0 unspecified atom stereocenters. The molecule has 21 heavy (non-hydrogen) atoms. The number of aryl methyl sites for hydroxylation is 1. The van der Waals surface area contributed by atoms with Crippen molar-refractivity contribution in [3.8, 4) is 0 Å². The Hall–Kier alpha value is -2.43. The number of hydrogen-bond donors (Lipinski definition) is 0. The van der Waals surface area contributed by atoms with Gasteiger partial charge in [0.15, 0.2) is 5.82 Å². The third-order valence-corrected chi connectivity index (χ3v) is 3.96. The first kappa shape index (κ1) is 13.5. The van der Waals surface area contributed by atoms with Crippen molar-refractivity contribution in [3.63, 3.8) is 0 Å². The molecule has 5 heteroatoms. The monoisotopic (exact) mass is 284 g/mol. The second-order valence-corrected chi connectivity index (χ2v) is 5.37. The van der Waals surface area contributed by atoms with Crippen LogP contribution in [0.25, 0.3) is 0 Å². The Labute approximate surface area is 122 Å². The van der Waals surface area contributed by atoms with Crippen LogP contribution in [0.4, 0.5) is 5.82 Å². The van der Waals surface area contributed by atoms with E-state index in [9.17, 15) is 9.59 Å². The summed E-state index contributed by atoms with van der Waals surface area (Å²) in [7, 11) is 0. The minimum Gasteiger partial charge on any atom is -0.360 e. The fraction of sp³-hybridized carbons (Fsp3) is 0.312. The lowest BCUT2D eigenvalue weighted by atomic mass is 9.86. The lowest BCUT2D eigenvalue weighted by Crippen LogP contribution is -2.31. The molecule has 2 heterocycles. The van der Waals surface area contributed by atoms with Crippen molar-refractivity contribution in [2.75, 3.05) is 4.90 Å². The van der Waals surface area contributed by atoms with Crippen LogP contribution in [0.5, 0.6) is 0 Å². The van der Waals surface area contributed by atoms with Crippen LogP contribution in [0.2, 0.25) is 0 Å². The summed E-state index contributed by atoms with van der Waals surface area (Å²) in [6, 6.07) is 11.4. The lowest BCUT2D eigenvalue weighted by Gasteiger charge is -2.17. The van der Waals surface area contributed by atoms with E-state index in [-0.39, 0.29) is 35.9 Å². The molecule has 1 fully saturated rings. The van der Waals surface area contributed by atoms with E-state index < -0.39 is 0 Å². The van der Waals surface area contributed by atoms with Gasteiger partial charge in [0.25, 0.3) is 0 Å². The number of rotatable bonds is 3. The minimum atomic E-state index is -0.350. The average molecular weight is 284 g/mol. The maximum absolute atomic E-state index is 12.6. The normalized spacial score (nSPS) is 20.1. The smallest absolute Gasteiger partial charge is 0.239 e. The molecule has 1 aromatic carbocycles. The molecule has 5 nitrogen and oxygen atoms in total. The Bertz CT molecular complexity index is 678. The maximum Gasteiger partial charge on any atom is 0.239 e. The van der Waals surface area contributed by atoms with Gasteiger partial charge in [-0.2, -0.15) is 0 Å². The molecule has 0 bridgehead atoms. The minimum absolute atomic E-state index is 0.0133. The van der Waals surface area contributed by atoms with Gasteiger partial charge in [-0.3, -0.25) is 9.59 Å². The average Bonchev–Trinajstić information content (AvgIpc) is 3.02. The summed E-state index contributed by atoms with van der Waals surface area (Å²) in [4.78, 5) is 25.9. The van der Waals surface area contributed by atoms with Crippen molar-refractivity contribution in [2.24, 2.45) is 5.92 Å². The number of hydrogen-bond acceptors (Lipinski definition) is 4. The van der Waals surface area contributed by atoms with Gasteiger partial charge < -0.3 is 4.52 Å². The Balaban J connectivity index is 1.87. The van der Waals surface area contributed by atoms with E-state index in [0.717, 1.165) is 10.5 Å². The molecule has 0 saturated carbocycles. The zero-order chi connectivity index (χ0) is 15.0. The molecule has 0 spiro atoms. The van der Waals surface area contributed by atoms with Gasteiger partial charge in [0.2, 0.25) is 11.8 Å². The van der Waals surface area contributed by atoms with Gasteiger partial charge in [0.05, 0.1) is 5.92 Å². The summed E-state index contributed by atoms with van der Waals surface area (Å²) in [6.45, 7) is 3.70. The molecule has 2 amide bonds. The van der Waals surface area contributed by atoms with E-state index in [1.807, 2.05) is 37.3 Å². The number of benzene rings is 1. The second kappa shape index (κ2) is 5.16. The van der Waals surface area contributed by atoms with E-state index in [1.54, 1.807) is 13.0 Å². The van der Waals surface area contributed by atoms with E-state index in [0.29, 0.717) is 5.76 Å². The number of nitrogens with zero attached hydrogens (tertiary/aromatic N) is 2.